The number of nitro benzene ring substituents is 1. The molecule has 0 bridgehead atoms. The highest BCUT2D eigenvalue weighted by molar-refractivity contribution is 6.16. The summed E-state index contributed by atoms with van der Waals surface area (Å²) < 4.78 is 10.4. The summed E-state index contributed by atoms with van der Waals surface area (Å²) >= 11 is 0. The van der Waals surface area contributed by atoms with Gasteiger partial charge in [-0.3, -0.25) is 14.9 Å². The van der Waals surface area contributed by atoms with E-state index < -0.39 is 10.9 Å². The number of nitro groups is 1. The summed E-state index contributed by atoms with van der Waals surface area (Å²) in [4.78, 5) is 37.3. The number of carbonyl (C=O) groups is 2. The van der Waals surface area contributed by atoms with Gasteiger partial charge in [-0.1, -0.05) is 12.1 Å². The summed E-state index contributed by atoms with van der Waals surface area (Å²) in [7, 11) is 1.25. The minimum absolute atomic E-state index is 0.0695. The van der Waals surface area contributed by atoms with Gasteiger partial charge in [-0.05, 0) is 31.4 Å². The third-order valence-corrected chi connectivity index (χ3v) is 4.70. The van der Waals surface area contributed by atoms with Gasteiger partial charge in [0, 0.05) is 24.4 Å². The molecule has 8 heteroatoms. The number of hydrogen-bond donors (Lipinski definition) is 0. The Balaban J connectivity index is 1.99. The number of amides is 1. The van der Waals surface area contributed by atoms with E-state index in [1.807, 2.05) is 0 Å². The van der Waals surface area contributed by atoms with E-state index in [1.54, 1.807) is 13.0 Å². The zero-order chi connectivity index (χ0) is 19.6. The molecule has 1 saturated heterocycles. The zero-order valence-corrected chi connectivity index (χ0v) is 15.1. The van der Waals surface area contributed by atoms with Crippen LogP contribution in [0.1, 0.15) is 25.3 Å². The Kier molecular flexibility index (Phi) is 5.36. The fraction of sp³-hybridized carbons (Fsp3) is 0.368. The summed E-state index contributed by atoms with van der Waals surface area (Å²) in [6, 6.07) is 5.89. The molecule has 0 unspecified atom stereocenters. The van der Waals surface area contributed by atoms with E-state index in [-0.39, 0.29) is 28.8 Å². The van der Waals surface area contributed by atoms with Crippen LogP contribution in [0.5, 0.6) is 0 Å². The lowest BCUT2D eigenvalue weighted by Crippen LogP contribution is -2.33. The molecule has 0 saturated carbocycles. The summed E-state index contributed by atoms with van der Waals surface area (Å²) in [5.41, 5.74) is 1.20. The monoisotopic (exact) mass is 372 g/mol. The molecule has 0 radical (unpaired) electrons. The van der Waals surface area contributed by atoms with E-state index in [4.69, 9.17) is 9.47 Å². The van der Waals surface area contributed by atoms with Gasteiger partial charge < -0.3 is 14.4 Å². The topological polar surface area (TPSA) is 99.0 Å². The molecule has 2 aliphatic rings. The summed E-state index contributed by atoms with van der Waals surface area (Å²) in [5.74, 6) is -0.956. The average molecular weight is 372 g/mol. The molecular weight excluding hydrogens is 352 g/mol. The SMILES string of the molecule is COC(=O)C1=C(C)N(C[C@H]2CCCO2)C(=O)/C1=C\c1cccc([N+](=O)[O-])c1. The molecule has 3 rings (SSSR count). The Morgan fingerprint density at radius 2 is 2.26 bits per heavy atom. The highest BCUT2D eigenvalue weighted by Gasteiger charge is 2.38. The second kappa shape index (κ2) is 7.71. The van der Waals surface area contributed by atoms with E-state index in [0.717, 1.165) is 12.8 Å². The number of non-ortho nitro benzene ring substituents is 1. The molecule has 0 aliphatic carbocycles. The number of rotatable bonds is 5. The van der Waals surface area contributed by atoms with Gasteiger partial charge in [-0.2, -0.15) is 0 Å². The Bertz CT molecular complexity index is 852. The number of allylic oxidation sites excluding steroid dienone is 1. The lowest BCUT2D eigenvalue weighted by atomic mass is 10.0. The number of nitrogens with zero attached hydrogens (tertiary/aromatic N) is 2. The van der Waals surface area contributed by atoms with Crippen LogP contribution in [0.4, 0.5) is 5.69 Å². The quantitative estimate of drug-likeness (QED) is 0.341. The average Bonchev–Trinajstić information content (AvgIpc) is 3.24. The second-order valence-corrected chi connectivity index (χ2v) is 6.41. The van der Waals surface area contributed by atoms with Crippen molar-refractivity contribution in [2.24, 2.45) is 0 Å². The molecule has 2 aliphatic heterocycles. The van der Waals surface area contributed by atoms with Crippen LogP contribution in [-0.2, 0) is 19.1 Å². The highest BCUT2D eigenvalue weighted by Crippen LogP contribution is 2.33. The molecule has 2 heterocycles. The maximum Gasteiger partial charge on any atom is 0.340 e. The van der Waals surface area contributed by atoms with Crippen molar-refractivity contribution in [3.63, 3.8) is 0 Å². The molecule has 1 amide bonds. The van der Waals surface area contributed by atoms with Gasteiger partial charge >= 0.3 is 5.97 Å². The predicted molar refractivity (Wildman–Crippen MR) is 96.5 cm³/mol. The van der Waals surface area contributed by atoms with Crippen LogP contribution in [-0.4, -0.2) is 48.1 Å². The largest absolute Gasteiger partial charge is 0.465 e. The lowest BCUT2D eigenvalue weighted by molar-refractivity contribution is -0.384. The van der Waals surface area contributed by atoms with Gasteiger partial charge in [0.1, 0.15) is 0 Å². The maximum atomic E-state index is 13.0. The zero-order valence-electron chi connectivity index (χ0n) is 15.1. The van der Waals surface area contributed by atoms with E-state index in [0.29, 0.717) is 24.4 Å². The lowest BCUT2D eigenvalue weighted by Gasteiger charge is -2.21. The summed E-state index contributed by atoms with van der Waals surface area (Å²) in [5, 5.41) is 11.0. The molecule has 1 aromatic carbocycles. The van der Waals surface area contributed by atoms with Crippen molar-refractivity contribution in [2.45, 2.75) is 25.9 Å². The normalized spacial score (nSPS) is 21.3. The number of ether oxygens (including phenoxy) is 2. The van der Waals surface area contributed by atoms with Crippen LogP contribution < -0.4 is 0 Å². The van der Waals surface area contributed by atoms with Crippen LogP contribution >= 0.6 is 0 Å². The fourth-order valence-corrected chi connectivity index (χ4v) is 3.33. The predicted octanol–water partition coefficient (Wildman–Crippen LogP) is 2.45. The van der Waals surface area contributed by atoms with Crippen LogP contribution in [0.25, 0.3) is 6.08 Å². The van der Waals surface area contributed by atoms with Crippen molar-refractivity contribution < 1.29 is 24.0 Å². The molecule has 1 atom stereocenters. The highest BCUT2D eigenvalue weighted by atomic mass is 16.6. The number of esters is 1. The van der Waals surface area contributed by atoms with Gasteiger partial charge in [-0.15, -0.1) is 0 Å². The molecular formula is C19H20N2O6. The molecule has 0 N–H and O–H groups in total. The van der Waals surface area contributed by atoms with Crippen molar-refractivity contribution in [1.29, 1.82) is 0 Å². The molecule has 142 valence electrons. The van der Waals surface area contributed by atoms with E-state index in [2.05, 4.69) is 0 Å². The fourth-order valence-electron chi connectivity index (χ4n) is 3.33. The molecule has 1 fully saturated rings. The van der Waals surface area contributed by atoms with E-state index in [9.17, 15) is 19.7 Å². The molecule has 1 aromatic rings. The van der Waals surface area contributed by atoms with Crippen LogP contribution in [0.15, 0.2) is 41.1 Å². The van der Waals surface area contributed by atoms with Gasteiger partial charge in [0.2, 0.25) is 0 Å². The first-order valence-corrected chi connectivity index (χ1v) is 8.61. The minimum atomic E-state index is -0.618. The van der Waals surface area contributed by atoms with Crippen molar-refractivity contribution >= 4 is 23.6 Å². The standard InChI is InChI=1S/C19H20N2O6/c1-12-17(19(23)26-2)16(10-13-5-3-6-14(9-13)21(24)25)18(22)20(12)11-15-7-4-8-27-15/h3,5-6,9-10,15H,4,7-8,11H2,1-2H3/b16-10-/t15-/m1/s1. The van der Waals surface area contributed by atoms with E-state index >= 15 is 0 Å². The van der Waals surface area contributed by atoms with Gasteiger partial charge in [0.05, 0.1) is 35.8 Å². The number of hydrogen-bond acceptors (Lipinski definition) is 6. The summed E-state index contributed by atoms with van der Waals surface area (Å²) in [6.45, 7) is 2.71. The first-order valence-electron chi connectivity index (χ1n) is 8.61. The molecule has 0 spiro atoms. The van der Waals surface area contributed by atoms with Crippen molar-refractivity contribution in [1.82, 2.24) is 4.90 Å². The van der Waals surface area contributed by atoms with Gasteiger partial charge in [0.25, 0.3) is 11.6 Å². The summed E-state index contributed by atoms with van der Waals surface area (Å²) in [6.07, 6.45) is 3.21. The Hall–Kier alpha value is -3.00. The Labute approximate surface area is 156 Å². The van der Waals surface area contributed by atoms with Crippen molar-refractivity contribution in [3.05, 3.63) is 56.8 Å². The number of methoxy groups -OCH3 is 1. The second-order valence-electron chi connectivity index (χ2n) is 6.41. The first-order chi connectivity index (χ1) is 12.9. The third-order valence-electron chi connectivity index (χ3n) is 4.70. The molecule has 8 nitrogen and oxygen atoms in total. The minimum Gasteiger partial charge on any atom is -0.465 e. The smallest absolute Gasteiger partial charge is 0.340 e. The Morgan fingerprint density at radius 3 is 2.89 bits per heavy atom. The van der Waals surface area contributed by atoms with Crippen molar-refractivity contribution in [2.75, 3.05) is 20.3 Å². The van der Waals surface area contributed by atoms with E-state index in [1.165, 1.54) is 36.3 Å². The number of carbonyl (C=O) groups excluding carboxylic acids is 2. The Morgan fingerprint density at radius 1 is 1.48 bits per heavy atom. The molecule has 0 aromatic heterocycles. The maximum absolute atomic E-state index is 13.0. The van der Waals surface area contributed by atoms with Gasteiger partial charge in [0.15, 0.2) is 0 Å². The third kappa shape index (κ3) is 3.75. The van der Waals surface area contributed by atoms with Crippen LogP contribution in [0, 0.1) is 10.1 Å². The van der Waals surface area contributed by atoms with Gasteiger partial charge in [-0.25, -0.2) is 4.79 Å². The van der Waals surface area contributed by atoms with Crippen LogP contribution in [0.2, 0.25) is 0 Å². The first kappa shape index (κ1) is 18.8. The van der Waals surface area contributed by atoms with Crippen molar-refractivity contribution in [3.8, 4) is 0 Å². The van der Waals surface area contributed by atoms with Crippen LogP contribution in [0.3, 0.4) is 0 Å². The number of benzene rings is 1. The molecule has 27 heavy (non-hydrogen) atoms.